The lowest BCUT2D eigenvalue weighted by atomic mass is 9.88. The minimum absolute atomic E-state index is 0.154. The SMILES string of the molecule is CCc1ccc(CS(=O)(=O)NC2(CC(=O)O)CCOCC2)cc1. The summed E-state index contributed by atoms with van der Waals surface area (Å²) in [5.41, 5.74) is 0.879. The van der Waals surface area contributed by atoms with Gasteiger partial charge in [0, 0.05) is 18.8 Å². The van der Waals surface area contributed by atoms with Gasteiger partial charge in [0.05, 0.1) is 12.2 Å². The minimum atomic E-state index is -3.63. The highest BCUT2D eigenvalue weighted by Gasteiger charge is 2.38. The molecule has 0 saturated carbocycles. The number of sulfonamides is 1. The Hall–Kier alpha value is -1.44. The number of carboxylic acids is 1. The zero-order valence-corrected chi connectivity index (χ0v) is 14.1. The molecule has 0 spiro atoms. The fourth-order valence-corrected chi connectivity index (χ4v) is 4.46. The molecule has 23 heavy (non-hydrogen) atoms. The van der Waals surface area contributed by atoms with E-state index in [9.17, 15) is 13.2 Å². The predicted molar refractivity (Wildman–Crippen MR) is 86.6 cm³/mol. The zero-order chi connectivity index (χ0) is 16.9. The number of carbonyl (C=O) groups is 1. The fourth-order valence-electron chi connectivity index (χ4n) is 2.82. The highest BCUT2D eigenvalue weighted by molar-refractivity contribution is 7.88. The van der Waals surface area contributed by atoms with Crippen LogP contribution in [0, 0.1) is 0 Å². The Kier molecular flexibility index (Phi) is 5.78. The Bertz CT molecular complexity index is 633. The summed E-state index contributed by atoms with van der Waals surface area (Å²) in [6, 6.07) is 7.41. The molecule has 1 fully saturated rings. The molecule has 7 heteroatoms. The van der Waals surface area contributed by atoms with Gasteiger partial charge in [0.1, 0.15) is 0 Å². The van der Waals surface area contributed by atoms with Crippen LogP contribution >= 0.6 is 0 Å². The normalized spacial score (nSPS) is 17.8. The first-order chi connectivity index (χ1) is 10.8. The Labute approximate surface area is 136 Å². The molecule has 1 aromatic carbocycles. The summed E-state index contributed by atoms with van der Waals surface area (Å²) >= 11 is 0. The molecule has 1 aromatic rings. The second-order valence-corrected chi connectivity index (χ2v) is 7.72. The van der Waals surface area contributed by atoms with Gasteiger partial charge in [-0.2, -0.15) is 0 Å². The molecule has 0 unspecified atom stereocenters. The maximum atomic E-state index is 12.5. The van der Waals surface area contributed by atoms with Crippen molar-refractivity contribution in [1.29, 1.82) is 0 Å². The molecular formula is C16H23NO5S. The average Bonchev–Trinajstić information content (AvgIpc) is 2.46. The Morgan fingerprint density at radius 3 is 2.30 bits per heavy atom. The smallest absolute Gasteiger partial charge is 0.305 e. The van der Waals surface area contributed by atoms with Gasteiger partial charge in [-0.1, -0.05) is 31.2 Å². The van der Waals surface area contributed by atoms with E-state index in [1.165, 1.54) is 0 Å². The lowest BCUT2D eigenvalue weighted by Crippen LogP contribution is -2.53. The standard InChI is InChI=1S/C16H23NO5S/c1-2-13-3-5-14(6-4-13)12-23(20,21)17-16(11-15(18)19)7-9-22-10-8-16/h3-6,17H,2,7-12H2,1H3,(H,18,19). The Morgan fingerprint density at radius 2 is 1.78 bits per heavy atom. The van der Waals surface area contributed by atoms with Crippen molar-refractivity contribution in [2.24, 2.45) is 0 Å². The molecule has 1 aliphatic heterocycles. The maximum absolute atomic E-state index is 12.5. The van der Waals surface area contributed by atoms with Crippen LogP contribution in [0.1, 0.15) is 37.3 Å². The molecule has 1 heterocycles. The summed E-state index contributed by atoms with van der Waals surface area (Å²) in [5, 5.41) is 9.10. The molecule has 0 radical (unpaired) electrons. The lowest BCUT2D eigenvalue weighted by Gasteiger charge is -2.36. The summed E-state index contributed by atoms with van der Waals surface area (Å²) in [5.74, 6) is -1.17. The second-order valence-electron chi connectivity index (χ2n) is 5.99. The molecule has 0 amide bonds. The van der Waals surface area contributed by atoms with E-state index in [1.54, 1.807) is 12.1 Å². The van der Waals surface area contributed by atoms with Gasteiger partial charge < -0.3 is 9.84 Å². The molecule has 128 valence electrons. The lowest BCUT2D eigenvalue weighted by molar-refractivity contribution is -0.139. The van der Waals surface area contributed by atoms with Gasteiger partial charge >= 0.3 is 5.97 Å². The topological polar surface area (TPSA) is 92.7 Å². The predicted octanol–water partition coefficient (Wildman–Crippen LogP) is 1.69. The van der Waals surface area contributed by atoms with Crippen molar-refractivity contribution in [3.05, 3.63) is 35.4 Å². The van der Waals surface area contributed by atoms with Crippen molar-refractivity contribution in [3.63, 3.8) is 0 Å². The molecular weight excluding hydrogens is 318 g/mol. The van der Waals surface area contributed by atoms with E-state index in [2.05, 4.69) is 4.72 Å². The van der Waals surface area contributed by atoms with Crippen LogP contribution in [0.5, 0.6) is 0 Å². The number of hydrogen-bond donors (Lipinski definition) is 2. The summed E-state index contributed by atoms with van der Waals surface area (Å²) in [4.78, 5) is 11.1. The highest BCUT2D eigenvalue weighted by atomic mass is 32.2. The third-order valence-electron chi connectivity index (χ3n) is 4.10. The number of aliphatic carboxylic acids is 1. The molecule has 1 aliphatic rings. The molecule has 1 saturated heterocycles. The van der Waals surface area contributed by atoms with Gasteiger partial charge in [0.25, 0.3) is 0 Å². The van der Waals surface area contributed by atoms with E-state index < -0.39 is 21.5 Å². The number of carboxylic acid groups (broad SMARTS) is 1. The van der Waals surface area contributed by atoms with Crippen LogP contribution in [0.2, 0.25) is 0 Å². The molecule has 0 aromatic heterocycles. The molecule has 6 nitrogen and oxygen atoms in total. The highest BCUT2D eigenvalue weighted by Crippen LogP contribution is 2.26. The largest absolute Gasteiger partial charge is 0.481 e. The van der Waals surface area contributed by atoms with E-state index in [4.69, 9.17) is 9.84 Å². The first-order valence-electron chi connectivity index (χ1n) is 7.73. The van der Waals surface area contributed by atoms with Crippen LogP contribution in [-0.2, 0) is 31.7 Å². The third-order valence-corrected chi connectivity index (χ3v) is 5.56. The average molecular weight is 341 g/mol. The van der Waals surface area contributed by atoms with E-state index in [1.807, 2.05) is 19.1 Å². The van der Waals surface area contributed by atoms with Gasteiger partial charge in [-0.05, 0) is 30.4 Å². The van der Waals surface area contributed by atoms with Gasteiger partial charge in [-0.3, -0.25) is 4.79 Å². The second kappa shape index (κ2) is 7.42. The monoisotopic (exact) mass is 341 g/mol. The van der Waals surface area contributed by atoms with Crippen molar-refractivity contribution in [2.45, 2.75) is 43.9 Å². The maximum Gasteiger partial charge on any atom is 0.305 e. The number of rotatable bonds is 7. The van der Waals surface area contributed by atoms with E-state index in [-0.39, 0.29) is 12.2 Å². The zero-order valence-electron chi connectivity index (χ0n) is 13.2. The van der Waals surface area contributed by atoms with Crippen molar-refractivity contribution < 1.29 is 23.1 Å². The summed E-state index contributed by atoms with van der Waals surface area (Å²) < 4.78 is 32.8. The van der Waals surface area contributed by atoms with Crippen molar-refractivity contribution in [1.82, 2.24) is 4.72 Å². The van der Waals surface area contributed by atoms with Gasteiger partial charge in [0.2, 0.25) is 10.0 Å². The number of benzene rings is 1. The van der Waals surface area contributed by atoms with Crippen LogP contribution < -0.4 is 4.72 Å². The summed E-state index contributed by atoms with van der Waals surface area (Å²) in [6.07, 6.45) is 1.40. The van der Waals surface area contributed by atoms with E-state index >= 15 is 0 Å². The van der Waals surface area contributed by atoms with Crippen LogP contribution in [0.4, 0.5) is 0 Å². The number of aryl methyl sites for hydroxylation is 1. The van der Waals surface area contributed by atoms with Crippen LogP contribution in [0.3, 0.4) is 0 Å². The number of hydrogen-bond acceptors (Lipinski definition) is 4. The van der Waals surface area contributed by atoms with E-state index in [0.717, 1.165) is 12.0 Å². The minimum Gasteiger partial charge on any atom is -0.481 e. The van der Waals surface area contributed by atoms with Crippen LogP contribution in [0.25, 0.3) is 0 Å². The number of ether oxygens (including phenoxy) is 1. The third kappa shape index (κ3) is 5.30. The van der Waals surface area contributed by atoms with Crippen molar-refractivity contribution >= 4 is 16.0 Å². The van der Waals surface area contributed by atoms with Gasteiger partial charge in [0.15, 0.2) is 0 Å². The molecule has 2 rings (SSSR count). The molecule has 0 atom stereocenters. The summed E-state index contributed by atoms with van der Waals surface area (Å²) in [7, 11) is -3.63. The van der Waals surface area contributed by atoms with Gasteiger partial charge in [-0.15, -0.1) is 0 Å². The Balaban J connectivity index is 2.11. The van der Waals surface area contributed by atoms with Crippen molar-refractivity contribution in [3.8, 4) is 0 Å². The Morgan fingerprint density at radius 1 is 1.22 bits per heavy atom. The first-order valence-corrected chi connectivity index (χ1v) is 9.38. The quantitative estimate of drug-likeness (QED) is 0.787. The first kappa shape index (κ1) is 17.9. The van der Waals surface area contributed by atoms with Crippen molar-refractivity contribution in [2.75, 3.05) is 13.2 Å². The molecule has 0 bridgehead atoms. The van der Waals surface area contributed by atoms with Gasteiger partial charge in [-0.25, -0.2) is 13.1 Å². The van der Waals surface area contributed by atoms with E-state index in [0.29, 0.717) is 31.6 Å². The van der Waals surface area contributed by atoms with Crippen LogP contribution in [0.15, 0.2) is 24.3 Å². The molecule has 2 N–H and O–H groups in total. The van der Waals surface area contributed by atoms with Crippen LogP contribution in [-0.4, -0.2) is 38.2 Å². The number of nitrogens with one attached hydrogen (secondary N) is 1. The molecule has 0 aliphatic carbocycles. The fraction of sp³-hybridized carbons (Fsp3) is 0.562. The summed E-state index contributed by atoms with van der Waals surface area (Å²) in [6.45, 7) is 2.76.